The molecule has 0 aromatic heterocycles. The minimum Gasteiger partial charge on any atom is -0.370 e. The van der Waals surface area contributed by atoms with Crippen molar-refractivity contribution >= 4 is 17.3 Å². The van der Waals surface area contributed by atoms with Crippen LogP contribution >= 0.6 is 11.6 Å². The van der Waals surface area contributed by atoms with Crippen LogP contribution in [0, 0.1) is 0 Å². The Morgan fingerprint density at radius 3 is 2.90 bits per heavy atom. The zero-order valence-corrected chi connectivity index (χ0v) is 14.3. The van der Waals surface area contributed by atoms with Gasteiger partial charge in [-0.2, -0.15) is 0 Å². The summed E-state index contributed by atoms with van der Waals surface area (Å²) in [5.74, 6) is 0. The Kier molecular flexibility index (Phi) is 6.34. The van der Waals surface area contributed by atoms with Gasteiger partial charge in [0.05, 0.1) is 0 Å². The van der Waals surface area contributed by atoms with Crippen molar-refractivity contribution in [3.8, 4) is 0 Å². The predicted molar refractivity (Wildman–Crippen MR) is 92.4 cm³/mol. The maximum absolute atomic E-state index is 6.24. The number of nitrogens with zero attached hydrogens (tertiary/aromatic N) is 2. The Morgan fingerprint density at radius 1 is 1.38 bits per heavy atom. The van der Waals surface area contributed by atoms with Crippen molar-refractivity contribution in [2.75, 3.05) is 38.6 Å². The molecule has 0 amide bonds. The minimum atomic E-state index is 0.634. The first kappa shape index (κ1) is 16.6. The lowest BCUT2D eigenvalue weighted by Crippen LogP contribution is -2.45. The second kappa shape index (κ2) is 8.02. The first-order chi connectivity index (χ1) is 10.1. The van der Waals surface area contributed by atoms with E-state index in [0.29, 0.717) is 6.04 Å². The van der Waals surface area contributed by atoms with Gasteiger partial charge in [-0.3, -0.25) is 0 Å². The largest absolute Gasteiger partial charge is 0.370 e. The van der Waals surface area contributed by atoms with E-state index in [2.05, 4.69) is 48.3 Å². The van der Waals surface area contributed by atoms with E-state index < -0.39 is 0 Å². The highest BCUT2D eigenvalue weighted by Crippen LogP contribution is 2.28. The first-order valence-electron chi connectivity index (χ1n) is 8.02. The quantitative estimate of drug-likeness (QED) is 0.813. The lowest BCUT2D eigenvalue weighted by Gasteiger charge is -2.38. The van der Waals surface area contributed by atoms with Crippen molar-refractivity contribution in [2.24, 2.45) is 0 Å². The van der Waals surface area contributed by atoms with E-state index in [9.17, 15) is 0 Å². The summed E-state index contributed by atoms with van der Waals surface area (Å²) in [6, 6.07) is 6.93. The van der Waals surface area contributed by atoms with Gasteiger partial charge in [0, 0.05) is 36.4 Å². The van der Waals surface area contributed by atoms with Crippen LogP contribution in [0.4, 0.5) is 5.69 Å². The molecule has 1 saturated heterocycles. The molecule has 0 bridgehead atoms. The van der Waals surface area contributed by atoms with Gasteiger partial charge < -0.3 is 15.1 Å². The monoisotopic (exact) mass is 309 g/mol. The number of nitrogens with one attached hydrogen (secondary N) is 1. The summed E-state index contributed by atoms with van der Waals surface area (Å²) in [6.07, 6.45) is 3.69. The average Bonchev–Trinajstić information content (AvgIpc) is 2.49. The number of hydrogen-bond donors (Lipinski definition) is 1. The number of piperidine rings is 1. The molecule has 1 N–H and O–H groups in total. The van der Waals surface area contributed by atoms with Crippen LogP contribution in [0.2, 0.25) is 5.02 Å². The summed E-state index contributed by atoms with van der Waals surface area (Å²) in [5.41, 5.74) is 2.66. The maximum atomic E-state index is 6.24. The lowest BCUT2D eigenvalue weighted by molar-refractivity contribution is 0.258. The molecule has 1 fully saturated rings. The molecule has 1 heterocycles. The predicted octanol–water partition coefficient (Wildman–Crippen LogP) is 3.37. The molecule has 0 radical (unpaired) electrons. The molecule has 118 valence electrons. The van der Waals surface area contributed by atoms with Crippen molar-refractivity contribution in [2.45, 2.75) is 38.8 Å². The molecule has 1 aliphatic rings. The fourth-order valence-corrected chi connectivity index (χ4v) is 3.14. The molecule has 1 atom stereocenters. The molecule has 4 heteroatoms. The second-order valence-electron chi connectivity index (χ2n) is 6.16. The normalized spacial score (nSPS) is 19.3. The van der Waals surface area contributed by atoms with Gasteiger partial charge >= 0.3 is 0 Å². The van der Waals surface area contributed by atoms with Gasteiger partial charge in [-0.25, -0.2) is 0 Å². The van der Waals surface area contributed by atoms with Crippen molar-refractivity contribution in [3.63, 3.8) is 0 Å². The van der Waals surface area contributed by atoms with Crippen LogP contribution in [0.5, 0.6) is 0 Å². The molecule has 2 rings (SSSR count). The molecule has 1 aromatic rings. The third-order valence-electron chi connectivity index (χ3n) is 4.26. The summed E-state index contributed by atoms with van der Waals surface area (Å²) in [7, 11) is 4.35. The van der Waals surface area contributed by atoms with E-state index in [1.165, 1.54) is 24.1 Å². The molecule has 0 aliphatic carbocycles. The van der Waals surface area contributed by atoms with Crippen LogP contribution in [0.1, 0.15) is 31.7 Å². The summed E-state index contributed by atoms with van der Waals surface area (Å²) in [6.45, 7) is 6.40. The Balaban J connectivity index is 2.14. The van der Waals surface area contributed by atoms with Crippen molar-refractivity contribution in [1.82, 2.24) is 10.2 Å². The zero-order valence-electron chi connectivity index (χ0n) is 13.5. The van der Waals surface area contributed by atoms with Gasteiger partial charge in [0.2, 0.25) is 0 Å². The standard InChI is InChI=1S/C17H28ClN3/c1-4-9-19-12-14-7-8-15(18)11-17(14)21-10-5-6-16(13-21)20(2)3/h7-8,11,16,19H,4-6,9-10,12-13H2,1-3H3. The highest BCUT2D eigenvalue weighted by molar-refractivity contribution is 6.30. The van der Waals surface area contributed by atoms with E-state index in [-0.39, 0.29) is 0 Å². The van der Waals surface area contributed by atoms with E-state index in [1.807, 2.05) is 6.07 Å². The number of halogens is 1. The Morgan fingerprint density at radius 2 is 2.19 bits per heavy atom. The zero-order chi connectivity index (χ0) is 15.2. The van der Waals surface area contributed by atoms with Crippen LogP contribution in [0.25, 0.3) is 0 Å². The van der Waals surface area contributed by atoms with E-state index in [0.717, 1.165) is 37.6 Å². The number of anilines is 1. The molecular formula is C17H28ClN3. The summed E-state index contributed by atoms with van der Waals surface area (Å²) >= 11 is 6.24. The fourth-order valence-electron chi connectivity index (χ4n) is 2.98. The Bertz CT molecular complexity index is 448. The SMILES string of the molecule is CCCNCc1ccc(Cl)cc1N1CCCC(N(C)C)C1. The number of likely N-dealkylation sites (N-methyl/N-ethyl adjacent to an activating group) is 1. The van der Waals surface area contributed by atoms with Crippen LogP contribution in [-0.2, 0) is 6.54 Å². The molecule has 3 nitrogen and oxygen atoms in total. The number of hydrogen-bond acceptors (Lipinski definition) is 3. The Labute approximate surface area is 134 Å². The molecule has 1 aromatic carbocycles. The average molecular weight is 310 g/mol. The Hall–Kier alpha value is -0.770. The van der Waals surface area contributed by atoms with Gasteiger partial charge in [0.15, 0.2) is 0 Å². The van der Waals surface area contributed by atoms with Crippen molar-refractivity contribution in [3.05, 3.63) is 28.8 Å². The van der Waals surface area contributed by atoms with E-state index in [1.54, 1.807) is 0 Å². The molecule has 0 spiro atoms. The van der Waals surface area contributed by atoms with Crippen molar-refractivity contribution in [1.29, 1.82) is 0 Å². The van der Waals surface area contributed by atoms with Gasteiger partial charge in [-0.1, -0.05) is 24.6 Å². The third-order valence-corrected chi connectivity index (χ3v) is 4.49. The fraction of sp³-hybridized carbons (Fsp3) is 0.647. The minimum absolute atomic E-state index is 0.634. The summed E-state index contributed by atoms with van der Waals surface area (Å²) < 4.78 is 0. The van der Waals surface area contributed by atoms with E-state index in [4.69, 9.17) is 11.6 Å². The topological polar surface area (TPSA) is 18.5 Å². The summed E-state index contributed by atoms with van der Waals surface area (Å²) in [5, 5.41) is 4.33. The van der Waals surface area contributed by atoms with Crippen molar-refractivity contribution < 1.29 is 0 Å². The van der Waals surface area contributed by atoms with Crippen LogP contribution in [-0.4, -0.2) is 44.7 Å². The molecule has 0 saturated carbocycles. The summed E-state index contributed by atoms with van der Waals surface area (Å²) in [4.78, 5) is 4.84. The molecular weight excluding hydrogens is 282 g/mol. The highest BCUT2D eigenvalue weighted by Gasteiger charge is 2.23. The first-order valence-corrected chi connectivity index (χ1v) is 8.40. The van der Waals surface area contributed by atoms with Gasteiger partial charge in [-0.05, 0) is 57.6 Å². The second-order valence-corrected chi connectivity index (χ2v) is 6.59. The van der Waals surface area contributed by atoms with Gasteiger partial charge in [0.25, 0.3) is 0 Å². The molecule has 21 heavy (non-hydrogen) atoms. The van der Waals surface area contributed by atoms with Crippen LogP contribution in [0.15, 0.2) is 18.2 Å². The van der Waals surface area contributed by atoms with E-state index >= 15 is 0 Å². The van der Waals surface area contributed by atoms with Gasteiger partial charge in [0.1, 0.15) is 0 Å². The molecule has 1 unspecified atom stereocenters. The smallest absolute Gasteiger partial charge is 0.0427 e. The van der Waals surface area contributed by atoms with Crippen LogP contribution < -0.4 is 10.2 Å². The third kappa shape index (κ3) is 4.60. The number of benzene rings is 1. The maximum Gasteiger partial charge on any atom is 0.0427 e. The number of rotatable bonds is 6. The van der Waals surface area contributed by atoms with Gasteiger partial charge in [-0.15, -0.1) is 0 Å². The molecule has 1 aliphatic heterocycles. The lowest BCUT2D eigenvalue weighted by atomic mass is 10.0. The highest BCUT2D eigenvalue weighted by atomic mass is 35.5. The van der Waals surface area contributed by atoms with Crippen LogP contribution in [0.3, 0.4) is 0 Å².